The van der Waals surface area contributed by atoms with Crippen LogP contribution in [0.2, 0.25) is 10.0 Å². The second-order valence-electron chi connectivity index (χ2n) is 6.53. The number of nitrogens with one attached hydrogen (secondary N) is 2. The van der Waals surface area contributed by atoms with E-state index in [-0.39, 0.29) is 18.5 Å². The molecule has 3 rings (SSSR count). The van der Waals surface area contributed by atoms with Crippen molar-refractivity contribution in [2.24, 2.45) is 5.92 Å². The Labute approximate surface area is 157 Å². The van der Waals surface area contributed by atoms with Crippen molar-refractivity contribution in [3.8, 4) is 0 Å². The van der Waals surface area contributed by atoms with E-state index in [0.717, 1.165) is 32.5 Å². The topological polar surface area (TPSA) is 64.7 Å². The number of benzene rings is 1. The number of carbonyl (C=O) groups is 2. The number of carbonyl (C=O) groups excluding carboxylic acids is 2. The van der Waals surface area contributed by atoms with Crippen molar-refractivity contribution in [3.63, 3.8) is 0 Å². The van der Waals surface area contributed by atoms with E-state index in [9.17, 15) is 9.59 Å². The second kappa shape index (κ2) is 8.25. The first-order chi connectivity index (χ1) is 12.0. The van der Waals surface area contributed by atoms with Crippen molar-refractivity contribution in [1.29, 1.82) is 0 Å². The Morgan fingerprint density at radius 2 is 2.12 bits per heavy atom. The van der Waals surface area contributed by atoms with E-state index >= 15 is 0 Å². The van der Waals surface area contributed by atoms with Crippen LogP contribution in [0.5, 0.6) is 0 Å². The molecule has 0 aromatic heterocycles. The zero-order valence-corrected chi connectivity index (χ0v) is 15.4. The highest BCUT2D eigenvalue weighted by Gasteiger charge is 2.29. The zero-order chi connectivity index (χ0) is 17.8. The normalized spacial score (nSPS) is 21.4. The highest BCUT2D eigenvalue weighted by molar-refractivity contribution is 6.42. The van der Waals surface area contributed by atoms with Crippen molar-refractivity contribution in [2.75, 3.05) is 44.6 Å². The molecule has 0 radical (unpaired) electrons. The molecule has 8 heteroatoms. The molecule has 2 heterocycles. The quantitative estimate of drug-likeness (QED) is 0.841. The summed E-state index contributed by atoms with van der Waals surface area (Å²) in [6, 6.07) is 4.60. The highest BCUT2D eigenvalue weighted by atomic mass is 35.5. The summed E-state index contributed by atoms with van der Waals surface area (Å²) in [6.07, 6.45) is 2.31. The highest BCUT2D eigenvalue weighted by Crippen LogP contribution is 2.25. The van der Waals surface area contributed by atoms with Gasteiger partial charge < -0.3 is 20.4 Å². The molecule has 2 aliphatic rings. The van der Waals surface area contributed by atoms with Crippen LogP contribution < -0.4 is 10.6 Å². The van der Waals surface area contributed by atoms with Gasteiger partial charge in [0.05, 0.1) is 10.0 Å². The van der Waals surface area contributed by atoms with Gasteiger partial charge in [0.1, 0.15) is 6.54 Å². The van der Waals surface area contributed by atoms with Gasteiger partial charge >= 0.3 is 6.03 Å². The molecular weight excluding hydrogens is 363 g/mol. The number of piperidine rings is 1. The number of halogens is 2. The molecule has 0 bridgehead atoms. The van der Waals surface area contributed by atoms with Crippen LogP contribution in [0.25, 0.3) is 0 Å². The average Bonchev–Trinajstić information content (AvgIpc) is 2.61. The van der Waals surface area contributed by atoms with E-state index in [4.69, 9.17) is 23.2 Å². The molecule has 136 valence electrons. The third-order valence-corrected chi connectivity index (χ3v) is 5.39. The smallest absolute Gasteiger partial charge is 0.322 e. The van der Waals surface area contributed by atoms with Crippen LogP contribution in [-0.2, 0) is 4.79 Å². The fraction of sp³-hybridized carbons (Fsp3) is 0.529. The fourth-order valence-electron chi connectivity index (χ4n) is 3.24. The number of hydrogen-bond donors (Lipinski definition) is 2. The Bertz CT molecular complexity index is 650. The summed E-state index contributed by atoms with van der Waals surface area (Å²) in [5.74, 6) is 0.510. The van der Waals surface area contributed by atoms with Crippen LogP contribution in [0.1, 0.15) is 12.8 Å². The lowest BCUT2D eigenvalue weighted by Crippen LogP contribution is -2.54. The molecule has 0 saturated carbocycles. The van der Waals surface area contributed by atoms with Crippen LogP contribution in [0.3, 0.4) is 0 Å². The Kier molecular flexibility index (Phi) is 6.04. The number of amides is 3. The summed E-state index contributed by atoms with van der Waals surface area (Å²) < 4.78 is 0. The molecule has 2 fully saturated rings. The van der Waals surface area contributed by atoms with Gasteiger partial charge in [-0.15, -0.1) is 0 Å². The minimum absolute atomic E-state index is 0.00103. The van der Waals surface area contributed by atoms with E-state index in [1.165, 1.54) is 4.90 Å². The summed E-state index contributed by atoms with van der Waals surface area (Å²) in [4.78, 5) is 28.1. The molecule has 3 amide bonds. The standard InChI is InChI=1S/C17H22Cl2N4O2/c18-14-4-3-13(8-15(14)19)21-17(25)23-7-6-22(16(24)11-23)10-12-2-1-5-20-9-12/h3-4,8,12,20H,1-2,5-7,9-11H2,(H,21,25)/t12-/m1/s1. The predicted molar refractivity (Wildman–Crippen MR) is 99.2 cm³/mol. The van der Waals surface area contributed by atoms with Gasteiger partial charge in [-0.05, 0) is 50.0 Å². The van der Waals surface area contributed by atoms with Gasteiger partial charge in [0.15, 0.2) is 0 Å². The lowest BCUT2D eigenvalue weighted by atomic mass is 9.99. The predicted octanol–water partition coefficient (Wildman–Crippen LogP) is 2.67. The van der Waals surface area contributed by atoms with Gasteiger partial charge in [-0.25, -0.2) is 4.79 Å². The van der Waals surface area contributed by atoms with Crippen molar-refractivity contribution in [3.05, 3.63) is 28.2 Å². The van der Waals surface area contributed by atoms with Gasteiger partial charge in [0.2, 0.25) is 5.91 Å². The third-order valence-electron chi connectivity index (χ3n) is 4.65. The van der Waals surface area contributed by atoms with E-state index in [0.29, 0.717) is 34.7 Å². The monoisotopic (exact) mass is 384 g/mol. The van der Waals surface area contributed by atoms with Crippen molar-refractivity contribution < 1.29 is 9.59 Å². The summed E-state index contributed by atoms with van der Waals surface area (Å²) in [6.45, 7) is 4.00. The molecule has 1 aromatic carbocycles. The maximum Gasteiger partial charge on any atom is 0.322 e. The Balaban J connectivity index is 1.52. The minimum atomic E-state index is -0.300. The largest absolute Gasteiger partial charge is 0.339 e. The van der Waals surface area contributed by atoms with Crippen LogP contribution in [-0.4, -0.2) is 61.0 Å². The molecule has 6 nitrogen and oxygen atoms in total. The van der Waals surface area contributed by atoms with E-state index < -0.39 is 0 Å². The number of rotatable bonds is 3. The van der Waals surface area contributed by atoms with Crippen LogP contribution in [0.15, 0.2) is 18.2 Å². The molecule has 2 N–H and O–H groups in total. The molecule has 2 saturated heterocycles. The van der Waals surface area contributed by atoms with Crippen molar-refractivity contribution >= 4 is 40.8 Å². The summed E-state index contributed by atoms with van der Waals surface area (Å²) in [5, 5.41) is 6.94. The summed E-state index contributed by atoms with van der Waals surface area (Å²) in [5.41, 5.74) is 0.558. The maximum absolute atomic E-state index is 12.4. The van der Waals surface area contributed by atoms with Gasteiger partial charge in [0.25, 0.3) is 0 Å². The van der Waals surface area contributed by atoms with Crippen LogP contribution >= 0.6 is 23.2 Å². The third kappa shape index (κ3) is 4.77. The van der Waals surface area contributed by atoms with Crippen molar-refractivity contribution in [2.45, 2.75) is 12.8 Å². The van der Waals surface area contributed by atoms with Crippen LogP contribution in [0.4, 0.5) is 10.5 Å². The number of piperazine rings is 1. The summed E-state index contributed by atoms with van der Waals surface area (Å²) in [7, 11) is 0. The molecule has 0 aliphatic carbocycles. The van der Waals surface area contributed by atoms with Gasteiger partial charge in [-0.3, -0.25) is 4.79 Å². The average molecular weight is 385 g/mol. The first kappa shape index (κ1) is 18.3. The van der Waals surface area contributed by atoms with E-state index in [2.05, 4.69) is 10.6 Å². The Morgan fingerprint density at radius 3 is 2.80 bits per heavy atom. The van der Waals surface area contributed by atoms with E-state index in [1.54, 1.807) is 18.2 Å². The zero-order valence-electron chi connectivity index (χ0n) is 13.9. The number of hydrogen-bond acceptors (Lipinski definition) is 3. The first-order valence-electron chi connectivity index (χ1n) is 8.52. The van der Waals surface area contributed by atoms with Crippen LogP contribution in [0, 0.1) is 5.92 Å². The SMILES string of the molecule is O=C1CN(C(=O)Nc2ccc(Cl)c(Cl)c2)CCN1C[C@@H]1CCCNC1. The fourth-order valence-corrected chi connectivity index (χ4v) is 3.54. The number of urea groups is 1. The van der Waals surface area contributed by atoms with Gasteiger partial charge in [-0.1, -0.05) is 23.2 Å². The summed E-state index contributed by atoms with van der Waals surface area (Å²) >= 11 is 11.8. The van der Waals surface area contributed by atoms with Crippen molar-refractivity contribution in [1.82, 2.24) is 15.1 Å². The molecule has 0 unspecified atom stereocenters. The molecule has 2 aliphatic heterocycles. The van der Waals surface area contributed by atoms with E-state index in [1.807, 2.05) is 4.90 Å². The minimum Gasteiger partial charge on any atom is -0.339 e. The lowest BCUT2D eigenvalue weighted by molar-refractivity contribution is -0.135. The first-order valence-corrected chi connectivity index (χ1v) is 9.28. The number of anilines is 1. The lowest BCUT2D eigenvalue weighted by Gasteiger charge is -2.37. The van der Waals surface area contributed by atoms with Gasteiger partial charge in [0, 0.05) is 25.3 Å². The molecule has 1 aromatic rings. The Hall–Kier alpha value is -1.50. The Morgan fingerprint density at radius 1 is 1.28 bits per heavy atom. The number of nitrogens with zero attached hydrogens (tertiary/aromatic N) is 2. The molecule has 1 atom stereocenters. The molecular formula is C17H22Cl2N4O2. The second-order valence-corrected chi connectivity index (χ2v) is 7.35. The van der Waals surface area contributed by atoms with Gasteiger partial charge in [-0.2, -0.15) is 0 Å². The molecule has 25 heavy (non-hydrogen) atoms. The maximum atomic E-state index is 12.4. The molecule has 0 spiro atoms.